The second kappa shape index (κ2) is 9.71. The SMILES string of the molecule is [C-]#[N+]CCOP(=O)(OCCC)OC[C@H]1O[C@@H](n2cnc3c(=O)[nH]c(N)nc32)[C@@H]2OC(C)(C)O[C@@H]21. The normalized spacial score (nSPS) is 27.5. The Morgan fingerprint density at radius 1 is 1.29 bits per heavy atom. The van der Waals surface area contributed by atoms with Gasteiger partial charge in [-0.3, -0.25) is 27.9 Å². The summed E-state index contributed by atoms with van der Waals surface area (Å²) in [5, 5.41) is 0. The third-order valence-electron chi connectivity index (χ3n) is 5.15. The van der Waals surface area contributed by atoms with Gasteiger partial charge in [-0.05, 0) is 20.3 Å². The average Bonchev–Trinajstić information content (AvgIpc) is 3.42. The van der Waals surface area contributed by atoms with Crippen molar-refractivity contribution in [3.05, 3.63) is 28.1 Å². The molecule has 0 spiro atoms. The molecule has 2 aliphatic rings. The Labute approximate surface area is 195 Å². The molecule has 186 valence electrons. The van der Waals surface area contributed by atoms with Crippen LogP contribution in [0.4, 0.5) is 5.95 Å². The lowest BCUT2D eigenvalue weighted by atomic mass is 10.1. The predicted octanol–water partition coefficient (Wildman–Crippen LogP) is 1.61. The summed E-state index contributed by atoms with van der Waals surface area (Å²) in [7, 11) is -3.93. The van der Waals surface area contributed by atoms with E-state index in [9.17, 15) is 9.36 Å². The molecule has 14 nitrogen and oxygen atoms in total. The van der Waals surface area contributed by atoms with Crippen LogP contribution in [-0.4, -0.2) is 70.0 Å². The maximum atomic E-state index is 13.0. The van der Waals surface area contributed by atoms with Crippen LogP contribution in [-0.2, 0) is 32.3 Å². The van der Waals surface area contributed by atoms with Gasteiger partial charge in [0.05, 0.1) is 19.5 Å². The first kappa shape index (κ1) is 24.7. The Hall–Kier alpha value is -2.37. The Balaban J connectivity index is 1.57. The number of H-pyrrole nitrogens is 1. The van der Waals surface area contributed by atoms with Crippen LogP contribution < -0.4 is 11.3 Å². The van der Waals surface area contributed by atoms with Gasteiger partial charge in [0.15, 0.2) is 23.2 Å². The summed E-state index contributed by atoms with van der Waals surface area (Å²) in [6.07, 6.45) is -0.703. The summed E-state index contributed by atoms with van der Waals surface area (Å²) in [5.41, 5.74) is 5.55. The number of imidazole rings is 1. The third-order valence-corrected chi connectivity index (χ3v) is 6.62. The number of phosphoric ester groups is 1. The quantitative estimate of drug-likeness (QED) is 0.277. The van der Waals surface area contributed by atoms with Crippen molar-refractivity contribution < 1.29 is 32.3 Å². The minimum atomic E-state index is -3.93. The molecule has 5 atom stereocenters. The van der Waals surface area contributed by atoms with Crippen molar-refractivity contribution in [2.24, 2.45) is 0 Å². The second-order valence-corrected chi connectivity index (χ2v) is 9.87. The summed E-state index contributed by atoms with van der Waals surface area (Å²) in [6, 6.07) is 0. The number of nitrogens with one attached hydrogen (secondary N) is 1. The molecule has 2 aliphatic heterocycles. The molecule has 1 unspecified atom stereocenters. The maximum Gasteiger partial charge on any atom is 0.475 e. The summed E-state index contributed by atoms with van der Waals surface area (Å²) in [6.45, 7) is 12.1. The molecule has 2 fully saturated rings. The molecular weight excluding hydrogens is 471 g/mol. The van der Waals surface area contributed by atoms with Crippen LogP contribution >= 0.6 is 7.82 Å². The molecular formula is C19H27N6O8P. The van der Waals surface area contributed by atoms with E-state index in [2.05, 4.69) is 19.8 Å². The lowest BCUT2D eigenvalue weighted by Gasteiger charge is -2.25. The number of hydrogen-bond donors (Lipinski definition) is 2. The minimum Gasteiger partial charge on any atom is -0.369 e. The van der Waals surface area contributed by atoms with Crippen molar-refractivity contribution in [1.29, 1.82) is 0 Å². The number of aromatic amines is 1. The minimum absolute atomic E-state index is 0.0175. The number of anilines is 1. The van der Waals surface area contributed by atoms with Crippen LogP contribution in [0.25, 0.3) is 16.0 Å². The highest BCUT2D eigenvalue weighted by molar-refractivity contribution is 7.48. The molecule has 4 heterocycles. The molecule has 2 saturated heterocycles. The van der Waals surface area contributed by atoms with Gasteiger partial charge in [0.2, 0.25) is 12.5 Å². The molecule has 15 heteroatoms. The number of nitrogens with zero attached hydrogens (tertiary/aromatic N) is 4. The van der Waals surface area contributed by atoms with Crippen LogP contribution in [0.3, 0.4) is 0 Å². The van der Waals surface area contributed by atoms with Gasteiger partial charge in [0, 0.05) is 0 Å². The summed E-state index contributed by atoms with van der Waals surface area (Å²) >= 11 is 0. The third kappa shape index (κ3) is 5.01. The largest absolute Gasteiger partial charge is 0.475 e. The molecule has 0 amide bonds. The standard InChI is InChI=1S/C19H27N6O8P/c1-5-7-28-34(27,29-8-6-21-4)30-9-11-13-14(33-19(2,3)32-13)17(31-11)25-10-22-12-15(25)23-18(20)24-16(12)26/h10-11,13-14,17H,5-9H2,1-3H3,(H3,20,23,24,26)/t11-,13-,14-,17-,34?/m1/s1. The number of aromatic nitrogens is 4. The van der Waals surface area contributed by atoms with Crippen molar-refractivity contribution in [1.82, 2.24) is 19.5 Å². The molecule has 2 aromatic heterocycles. The number of hydrogen-bond acceptors (Lipinski definition) is 11. The molecule has 0 aliphatic carbocycles. The zero-order valence-corrected chi connectivity index (χ0v) is 19.9. The highest BCUT2D eigenvalue weighted by Gasteiger charge is 2.56. The molecule has 0 radical (unpaired) electrons. The Kier molecular flexibility index (Phi) is 7.07. The van der Waals surface area contributed by atoms with Crippen molar-refractivity contribution in [2.75, 3.05) is 32.1 Å². The predicted molar refractivity (Wildman–Crippen MR) is 118 cm³/mol. The molecule has 4 rings (SSSR count). The lowest BCUT2D eigenvalue weighted by Crippen LogP contribution is -2.32. The number of rotatable bonds is 10. The first-order valence-electron chi connectivity index (χ1n) is 10.8. The number of fused-ring (bicyclic) bond motifs is 2. The second-order valence-electron chi connectivity index (χ2n) is 8.20. The molecule has 3 N–H and O–H groups in total. The topological polar surface area (TPSA) is 166 Å². The smallest absolute Gasteiger partial charge is 0.369 e. The van der Waals surface area contributed by atoms with Gasteiger partial charge in [-0.25, -0.2) is 16.1 Å². The average molecular weight is 498 g/mol. The number of nitrogen functional groups attached to an aromatic ring is 1. The maximum absolute atomic E-state index is 13.0. The van der Waals surface area contributed by atoms with Crippen LogP contribution in [0.15, 0.2) is 11.1 Å². The fourth-order valence-electron chi connectivity index (χ4n) is 3.82. The van der Waals surface area contributed by atoms with E-state index in [0.29, 0.717) is 6.42 Å². The highest BCUT2D eigenvalue weighted by atomic mass is 31.2. The van der Waals surface area contributed by atoms with E-state index in [1.54, 1.807) is 18.4 Å². The van der Waals surface area contributed by atoms with E-state index in [-0.39, 0.29) is 43.5 Å². The zero-order chi connectivity index (χ0) is 24.5. The first-order valence-corrected chi connectivity index (χ1v) is 12.2. The lowest BCUT2D eigenvalue weighted by molar-refractivity contribution is -0.199. The van der Waals surface area contributed by atoms with Gasteiger partial charge in [-0.1, -0.05) is 6.92 Å². The Morgan fingerprint density at radius 3 is 2.76 bits per heavy atom. The van der Waals surface area contributed by atoms with Crippen molar-refractivity contribution in [3.8, 4) is 0 Å². The van der Waals surface area contributed by atoms with E-state index in [0.717, 1.165) is 0 Å². The molecule has 34 heavy (non-hydrogen) atoms. The van der Waals surface area contributed by atoms with E-state index >= 15 is 0 Å². The highest BCUT2D eigenvalue weighted by Crippen LogP contribution is 2.51. The van der Waals surface area contributed by atoms with Crippen molar-refractivity contribution in [3.63, 3.8) is 0 Å². The van der Waals surface area contributed by atoms with Gasteiger partial charge in [-0.15, -0.1) is 0 Å². The fourth-order valence-corrected chi connectivity index (χ4v) is 5.09. The molecule has 0 saturated carbocycles. The number of nitrogens with two attached hydrogens (primary N) is 1. The van der Waals surface area contributed by atoms with Crippen molar-refractivity contribution >= 4 is 24.9 Å². The summed E-state index contributed by atoms with van der Waals surface area (Å²) in [4.78, 5) is 26.1. The molecule has 0 aromatic carbocycles. The van der Waals surface area contributed by atoms with E-state index in [1.807, 2.05) is 6.92 Å². The number of phosphoric acid groups is 1. The van der Waals surface area contributed by atoms with E-state index < -0.39 is 43.7 Å². The molecule has 0 bridgehead atoms. The fraction of sp³-hybridized carbons (Fsp3) is 0.684. The van der Waals surface area contributed by atoms with Gasteiger partial charge < -0.3 is 24.8 Å². The summed E-state index contributed by atoms with van der Waals surface area (Å²) in [5.74, 6) is -0.993. The van der Waals surface area contributed by atoms with Crippen molar-refractivity contribution in [2.45, 2.75) is 57.5 Å². The zero-order valence-electron chi connectivity index (χ0n) is 19.0. The van der Waals surface area contributed by atoms with Crippen LogP contribution in [0.5, 0.6) is 0 Å². The number of ether oxygens (including phenoxy) is 3. The van der Waals surface area contributed by atoms with Gasteiger partial charge in [0.25, 0.3) is 5.56 Å². The molecule has 2 aromatic rings. The first-order chi connectivity index (χ1) is 16.2. The summed E-state index contributed by atoms with van der Waals surface area (Å²) < 4.78 is 48.9. The van der Waals surface area contributed by atoms with Crippen LogP contribution in [0, 0.1) is 6.57 Å². The van der Waals surface area contributed by atoms with Crippen LogP contribution in [0.1, 0.15) is 33.4 Å². The van der Waals surface area contributed by atoms with Gasteiger partial charge in [-0.2, -0.15) is 4.98 Å². The monoisotopic (exact) mass is 498 g/mol. The van der Waals surface area contributed by atoms with E-state index in [4.69, 9.17) is 40.1 Å². The van der Waals surface area contributed by atoms with Crippen LogP contribution in [0.2, 0.25) is 0 Å². The Bertz CT molecular complexity index is 1180. The Morgan fingerprint density at radius 2 is 2.03 bits per heavy atom. The van der Waals surface area contributed by atoms with Gasteiger partial charge in [0.1, 0.15) is 24.9 Å². The van der Waals surface area contributed by atoms with Gasteiger partial charge >= 0.3 is 7.82 Å². The van der Waals surface area contributed by atoms with E-state index in [1.165, 1.54) is 6.33 Å².